The number of hydrogen-bond donors (Lipinski definition) is 1. The van der Waals surface area contributed by atoms with Crippen molar-refractivity contribution < 1.29 is 4.74 Å². The van der Waals surface area contributed by atoms with E-state index >= 15 is 0 Å². The van der Waals surface area contributed by atoms with E-state index in [0.717, 1.165) is 25.0 Å². The van der Waals surface area contributed by atoms with E-state index in [1.165, 1.54) is 45.2 Å². The molecule has 2 nitrogen and oxygen atoms in total. The lowest BCUT2D eigenvalue weighted by Gasteiger charge is -2.29. The molecule has 2 heterocycles. The van der Waals surface area contributed by atoms with E-state index in [4.69, 9.17) is 4.74 Å². The van der Waals surface area contributed by atoms with Gasteiger partial charge in [0.1, 0.15) is 0 Å². The van der Waals surface area contributed by atoms with Gasteiger partial charge in [0.15, 0.2) is 0 Å². The Morgan fingerprint density at radius 1 is 0.923 bits per heavy atom. The predicted octanol–water partition coefficient (Wildman–Crippen LogP) is 1.80. The number of hydrogen-bond acceptors (Lipinski definition) is 2. The predicted molar refractivity (Wildman–Crippen MR) is 53.8 cm³/mol. The minimum absolute atomic E-state index is 0.936. The molecule has 0 amide bonds. The fourth-order valence-corrected chi connectivity index (χ4v) is 2.64. The summed E-state index contributed by atoms with van der Waals surface area (Å²) in [6, 6.07) is 0. The molecular formula is C11H21NO. The monoisotopic (exact) mass is 183 g/mol. The zero-order valence-electron chi connectivity index (χ0n) is 8.43. The minimum atomic E-state index is 0.936. The second-order valence-corrected chi connectivity index (χ2v) is 4.41. The van der Waals surface area contributed by atoms with Gasteiger partial charge in [0.05, 0.1) is 0 Å². The van der Waals surface area contributed by atoms with E-state index in [0.29, 0.717) is 0 Å². The maximum Gasteiger partial charge on any atom is 0.0468 e. The van der Waals surface area contributed by atoms with Gasteiger partial charge in [-0.3, -0.25) is 0 Å². The van der Waals surface area contributed by atoms with Crippen LogP contribution in [0.1, 0.15) is 32.1 Å². The van der Waals surface area contributed by atoms with E-state index in [-0.39, 0.29) is 0 Å². The summed E-state index contributed by atoms with van der Waals surface area (Å²) in [6.45, 7) is 4.49. The Hall–Kier alpha value is -0.0800. The molecule has 2 saturated heterocycles. The van der Waals surface area contributed by atoms with E-state index in [9.17, 15) is 0 Å². The highest BCUT2D eigenvalue weighted by Crippen LogP contribution is 2.28. The number of rotatable bonds is 1. The smallest absolute Gasteiger partial charge is 0.0468 e. The lowest BCUT2D eigenvalue weighted by atomic mass is 9.83. The molecule has 0 aliphatic carbocycles. The molecule has 13 heavy (non-hydrogen) atoms. The fourth-order valence-electron chi connectivity index (χ4n) is 2.64. The summed E-state index contributed by atoms with van der Waals surface area (Å²) in [6.07, 6.45) is 6.84. The molecule has 2 aliphatic rings. The van der Waals surface area contributed by atoms with Gasteiger partial charge in [-0.15, -0.1) is 0 Å². The second-order valence-electron chi connectivity index (χ2n) is 4.41. The highest BCUT2D eigenvalue weighted by atomic mass is 16.5. The maximum absolute atomic E-state index is 5.40. The normalized spacial score (nSPS) is 32.8. The summed E-state index contributed by atoms with van der Waals surface area (Å²) >= 11 is 0. The second kappa shape index (κ2) is 4.97. The van der Waals surface area contributed by atoms with Crippen LogP contribution in [0.5, 0.6) is 0 Å². The first-order chi connectivity index (χ1) is 6.47. The Bertz CT molecular complexity index is 135. The zero-order valence-corrected chi connectivity index (χ0v) is 8.43. The van der Waals surface area contributed by atoms with Crippen LogP contribution in [0, 0.1) is 11.8 Å². The molecule has 0 aromatic carbocycles. The maximum atomic E-state index is 5.40. The Morgan fingerprint density at radius 2 is 1.77 bits per heavy atom. The summed E-state index contributed by atoms with van der Waals surface area (Å²) < 4.78 is 5.40. The first-order valence-corrected chi connectivity index (χ1v) is 5.75. The van der Waals surface area contributed by atoms with Crippen LogP contribution < -0.4 is 5.32 Å². The highest BCUT2D eigenvalue weighted by Gasteiger charge is 2.24. The van der Waals surface area contributed by atoms with Crippen molar-refractivity contribution in [3.05, 3.63) is 0 Å². The molecule has 0 saturated carbocycles. The molecule has 76 valence electrons. The molecule has 2 rings (SSSR count). The van der Waals surface area contributed by atoms with Crippen LogP contribution in [-0.2, 0) is 4.74 Å². The topological polar surface area (TPSA) is 21.3 Å². The van der Waals surface area contributed by atoms with E-state index in [1.807, 2.05) is 0 Å². The van der Waals surface area contributed by atoms with Gasteiger partial charge in [-0.2, -0.15) is 0 Å². The Kier molecular flexibility index (Phi) is 3.62. The number of ether oxygens (including phenoxy) is 1. The van der Waals surface area contributed by atoms with Crippen LogP contribution in [0.3, 0.4) is 0 Å². The summed E-state index contributed by atoms with van der Waals surface area (Å²) in [5.74, 6) is 1.88. The highest BCUT2D eigenvalue weighted by molar-refractivity contribution is 4.76. The van der Waals surface area contributed by atoms with Crippen LogP contribution in [0.15, 0.2) is 0 Å². The zero-order chi connectivity index (χ0) is 8.93. The van der Waals surface area contributed by atoms with Crippen LogP contribution in [0.2, 0.25) is 0 Å². The van der Waals surface area contributed by atoms with Crippen molar-refractivity contribution in [1.82, 2.24) is 5.32 Å². The third-order valence-electron chi connectivity index (χ3n) is 3.52. The van der Waals surface area contributed by atoms with Gasteiger partial charge in [-0.25, -0.2) is 0 Å². The van der Waals surface area contributed by atoms with Crippen molar-refractivity contribution >= 4 is 0 Å². The quantitative estimate of drug-likeness (QED) is 0.669. The van der Waals surface area contributed by atoms with Crippen molar-refractivity contribution in [3.63, 3.8) is 0 Å². The van der Waals surface area contributed by atoms with E-state index in [1.54, 1.807) is 0 Å². The third kappa shape index (κ3) is 2.68. The molecule has 0 radical (unpaired) electrons. The van der Waals surface area contributed by atoms with Crippen molar-refractivity contribution in [2.75, 3.05) is 26.3 Å². The van der Waals surface area contributed by atoms with Gasteiger partial charge in [0.2, 0.25) is 0 Å². The van der Waals surface area contributed by atoms with Crippen LogP contribution in [0.4, 0.5) is 0 Å². The molecular weight excluding hydrogens is 162 g/mol. The van der Waals surface area contributed by atoms with Gasteiger partial charge in [0, 0.05) is 13.2 Å². The molecule has 2 fully saturated rings. The first-order valence-electron chi connectivity index (χ1n) is 5.75. The molecule has 1 N–H and O–H groups in total. The minimum Gasteiger partial charge on any atom is -0.381 e. The van der Waals surface area contributed by atoms with Crippen molar-refractivity contribution in [3.8, 4) is 0 Å². The standard InChI is InChI=1S/C11H21NO/c1-2-6-12-9-11(3-1)10-4-7-13-8-5-10/h10-12H,1-9H2/t11-/m0/s1. The Morgan fingerprint density at radius 3 is 2.62 bits per heavy atom. The largest absolute Gasteiger partial charge is 0.381 e. The molecule has 0 unspecified atom stereocenters. The average Bonchev–Trinajstić information content (AvgIpc) is 2.47. The van der Waals surface area contributed by atoms with Crippen molar-refractivity contribution in [2.45, 2.75) is 32.1 Å². The van der Waals surface area contributed by atoms with Crippen molar-refractivity contribution in [1.29, 1.82) is 0 Å². The van der Waals surface area contributed by atoms with Gasteiger partial charge >= 0.3 is 0 Å². The third-order valence-corrected chi connectivity index (χ3v) is 3.52. The van der Waals surface area contributed by atoms with Gasteiger partial charge in [-0.1, -0.05) is 6.42 Å². The first kappa shape index (κ1) is 9.47. The van der Waals surface area contributed by atoms with Crippen molar-refractivity contribution in [2.24, 2.45) is 11.8 Å². The van der Waals surface area contributed by atoms with Crippen LogP contribution in [0.25, 0.3) is 0 Å². The summed E-state index contributed by atoms with van der Waals surface area (Å²) in [7, 11) is 0. The number of nitrogens with one attached hydrogen (secondary N) is 1. The molecule has 1 atom stereocenters. The van der Waals surface area contributed by atoms with E-state index < -0.39 is 0 Å². The Balaban J connectivity index is 1.82. The van der Waals surface area contributed by atoms with Crippen LogP contribution >= 0.6 is 0 Å². The Labute approximate surface area is 81.0 Å². The van der Waals surface area contributed by atoms with Gasteiger partial charge in [0.25, 0.3) is 0 Å². The molecule has 0 aromatic rings. The molecule has 2 heteroatoms. The lowest BCUT2D eigenvalue weighted by Crippen LogP contribution is -2.30. The van der Waals surface area contributed by atoms with Gasteiger partial charge in [-0.05, 0) is 50.6 Å². The van der Waals surface area contributed by atoms with Gasteiger partial charge < -0.3 is 10.1 Å². The molecule has 0 spiro atoms. The summed E-state index contributed by atoms with van der Waals surface area (Å²) in [4.78, 5) is 0. The SMILES string of the molecule is C1CC[C@H](C2CCOCC2)CNC1. The molecule has 0 aromatic heterocycles. The van der Waals surface area contributed by atoms with E-state index in [2.05, 4.69) is 5.32 Å². The van der Waals surface area contributed by atoms with Crippen LogP contribution in [-0.4, -0.2) is 26.3 Å². The average molecular weight is 183 g/mol. The fraction of sp³-hybridized carbons (Fsp3) is 1.00. The summed E-state index contributed by atoms with van der Waals surface area (Å²) in [5.41, 5.74) is 0. The molecule has 2 aliphatic heterocycles. The lowest BCUT2D eigenvalue weighted by molar-refractivity contribution is 0.0457. The summed E-state index contributed by atoms with van der Waals surface area (Å²) in [5, 5.41) is 3.55. The molecule has 0 bridgehead atoms.